The summed E-state index contributed by atoms with van der Waals surface area (Å²) in [6.45, 7) is 0. The smallest absolute Gasteiger partial charge is 0.322 e. The van der Waals surface area contributed by atoms with Crippen molar-refractivity contribution in [3.8, 4) is 5.75 Å². The molecule has 0 aliphatic rings. The molecule has 0 aromatic heterocycles. The zero-order valence-corrected chi connectivity index (χ0v) is 9.20. The van der Waals surface area contributed by atoms with Crippen LogP contribution in [0.1, 0.15) is 5.56 Å². The quantitative estimate of drug-likeness (QED) is 0.775. The third-order valence-corrected chi connectivity index (χ3v) is 2.19. The van der Waals surface area contributed by atoms with Crippen LogP contribution in [0.25, 0.3) is 0 Å². The van der Waals surface area contributed by atoms with Crippen LogP contribution in [0.2, 0.25) is 0 Å². The van der Waals surface area contributed by atoms with Crippen molar-refractivity contribution in [3.05, 3.63) is 29.6 Å². The number of hydrogen-bond acceptors (Lipinski definition) is 4. The molecule has 16 heavy (non-hydrogen) atoms. The first-order valence-corrected chi connectivity index (χ1v) is 4.74. The van der Waals surface area contributed by atoms with E-state index in [4.69, 9.17) is 10.5 Å². The molecule has 0 spiro atoms. The molecule has 88 valence electrons. The minimum absolute atomic E-state index is 0.246. The van der Waals surface area contributed by atoms with E-state index in [2.05, 4.69) is 4.74 Å². The first-order valence-electron chi connectivity index (χ1n) is 4.74. The van der Waals surface area contributed by atoms with E-state index in [-0.39, 0.29) is 6.42 Å². The zero-order valence-electron chi connectivity index (χ0n) is 9.20. The molecule has 0 unspecified atom stereocenters. The molecule has 0 saturated carbocycles. The number of rotatable bonds is 4. The summed E-state index contributed by atoms with van der Waals surface area (Å²) in [7, 11) is 2.70. The number of hydrogen-bond donors (Lipinski definition) is 1. The second-order valence-electron chi connectivity index (χ2n) is 3.29. The Balaban J connectivity index is 2.84. The van der Waals surface area contributed by atoms with Gasteiger partial charge in [0.05, 0.1) is 14.2 Å². The third kappa shape index (κ3) is 2.93. The normalized spacial score (nSPS) is 12.0. The van der Waals surface area contributed by atoms with Gasteiger partial charge in [0.15, 0.2) is 0 Å². The van der Waals surface area contributed by atoms with Gasteiger partial charge in [-0.3, -0.25) is 4.79 Å². The van der Waals surface area contributed by atoms with Gasteiger partial charge < -0.3 is 15.2 Å². The molecule has 0 aliphatic carbocycles. The van der Waals surface area contributed by atoms with Crippen molar-refractivity contribution in [1.29, 1.82) is 0 Å². The van der Waals surface area contributed by atoms with Crippen LogP contribution >= 0.6 is 0 Å². The zero-order chi connectivity index (χ0) is 12.1. The standard InChI is InChI=1S/C11H14FNO3/c1-15-10-6-8(12)4-3-7(10)5-9(13)11(14)16-2/h3-4,6,9H,5,13H2,1-2H3/t9-/m0/s1. The Labute approximate surface area is 93.2 Å². The third-order valence-electron chi connectivity index (χ3n) is 2.19. The van der Waals surface area contributed by atoms with E-state index in [1.165, 1.54) is 32.4 Å². The van der Waals surface area contributed by atoms with Crippen molar-refractivity contribution in [1.82, 2.24) is 0 Å². The summed E-state index contributed by atoms with van der Waals surface area (Å²) in [5, 5.41) is 0. The summed E-state index contributed by atoms with van der Waals surface area (Å²) < 4.78 is 22.4. The fourth-order valence-corrected chi connectivity index (χ4v) is 1.36. The van der Waals surface area contributed by atoms with Gasteiger partial charge >= 0.3 is 5.97 Å². The molecular weight excluding hydrogens is 213 g/mol. The molecular formula is C11H14FNO3. The first kappa shape index (κ1) is 12.4. The Kier molecular flexibility index (Phi) is 4.25. The maximum Gasteiger partial charge on any atom is 0.322 e. The predicted octanol–water partition coefficient (Wildman–Crippen LogP) is 0.877. The van der Waals surface area contributed by atoms with Crippen LogP contribution in [0.5, 0.6) is 5.75 Å². The average molecular weight is 227 g/mol. The molecule has 0 bridgehead atoms. The summed E-state index contributed by atoms with van der Waals surface area (Å²) in [6.07, 6.45) is 0.246. The minimum atomic E-state index is -0.774. The molecule has 4 nitrogen and oxygen atoms in total. The van der Waals surface area contributed by atoms with Crippen LogP contribution in [-0.2, 0) is 16.0 Å². The van der Waals surface area contributed by atoms with Crippen molar-refractivity contribution in [2.75, 3.05) is 14.2 Å². The Hall–Kier alpha value is -1.62. The summed E-state index contributed by atoms with van der Waals surface area (Å²) in [6, 6.07) is 3.31. The van der Waals surface area contributed by atoms with Crippen molar-refractivity contribution in [2.45, 2.75) is 12.5 Å². The molecule has 1 atom stereocenters. The Bertz CT molecular complexity index is 381. The molecule has 0 saturated heterocycles. The van der Waals surface area contributed by atoms with Gasteiger partial charge in [0, 0.05) is 12.5 Å². The van der Waals surface area contributed by atoms with E-state index in [9.17, 15) is 9.18 Å². The summed E-state index contributed by atoms with van der Waals surface area (Å²) in [4.78, 5) is 11.1. The molecule has 1 rings (SSSR count). The molecule has 2 N–H and O–H groups in total. The summed E-state index contributed by atoms with van der Waals surface area (Å²) in [5.41, 5.74) is 6.27. The highest BCUT2D eigenvalue weighted by molar-refractivity contribution is 5.75. The molecule has 1 aromatic carbocycles. The predicted molar refractivity (Wildman–Crippen MR) is 56.6 cm³/mol. The first-order chi connectivity index (χ1) is 7.58. The van der Waals surface area contributed by atoms with E-state index in [0.29, 0.717) is 11.3 Å². The maximum absolute atomic E-state index is 12.9. The molecule has 0 fully saturated rings. The lowest BCUT2D eigenvalue weighted by Crippen LogP contribution is -2.33. The van der Waals surface area contributed by atoms with Crippen LogP contribution in [0.4, 0.5) is 4.39 Å². The van der Waals surface area contributed by atoms with Crippen LogP contribution in [-0.4, -0.2) is 26.2 Å². The molecule has 0 radical (unpaired) electrons. The van der Waals surface area contributed by atoms with Crippen LogP contribution in [0, 0.1) is 5.82 Å². The Morgan fingerprint density at radius 3 is 2.75 bits per heavy atom. The van der Waals surface area contributed by atoms with Crippen molar-refractivity contribution < 1.29 is 18.7 Å². The van der Waals surface area contributed by atoms with Gasteiger partial charge in [-0.2, -0.15) is 0 Å². The minimum Gasteiger partial charge on any atom is -0.496 e. The van der Waals surface area contributed by atoms with Crippen LogP contribution in [0.15, 0.2) is 18.2 Å². The van der Waals surface area contributed by atoms with Gasteiger partial charge in [0.25, 0.3) is 0 Å². The van der Waals surface area contributed by atoms with Crippen LogP contribution in [0.3, 0.4) is 0 Å². The molecule has 1 aromatic rings. The summed E-state index contributed by atoms with van der Waals surface area (Å²) in [5.74, 6) is -0.530. The second-order valence-corrected chi connectivity index (χ2v) is 3.29. The van der Waals surface area contributed by atoms with E-state index >= 15 is 0 Å². The SMILES string of the molecule is COC(=O)[C@@H](N)Cc1ccc(F)cc1OC. The Morgan fingerprint density at radius 2 is 2.19 bits per heavy atom. The lowest BCUT2D eigenvalue weighted by molar-refractivity contribution is -0.142. The molecule has 0 amide bonds. The molecule has 0 heterocycles. The molecule has 5 heteroatoms. The van der Waals surface area contributed by atoms with Crippen molar-refractivity contribution in [3.63, 3.8) is 0 Å². The molecule has 0 aliphatic heterocycles. The summed E-state index contributed by atoms with van der Waals surface area (Å²) >= 11 is 0. The van der Waals surface area contributed by atoms with Crippen molar-refractivity contribution in [2.24, 2.45) is 5.73 Å². The highest BCUT2D eigenvalue weighted by atomic mass is 19.1. The monoisotopic (exact) mass is 227 g/mol. The largest absolute Gasteiger partial charge is 0.496 e. The number of methoxy groups -OCH3 is 2. The van der Waals surface area contributed by atoms with E-state index < -0.39 is 17.8 Å². The lowest BCUT2D eigenvalue weighted by Gasteiger charge is -2.12. The van der Waals surface area contributed by atoms with Gasteiger partial charge in [-0.05, 0) is 11.6 Å². The number of benzene rings is 1. The maximum atomic E-state index is 12.9. The highest BCUT2D eigenvalue weighted by Crippen LogP contribution is 2.20. The van der Waals surface area contributed by atoms with E-state index in [0.717, 1.165) is 0 Å². The number of carbonyl (C=O) groups is 1. The van der Waals surface area contributed by atoms with Crippen LogP contribution < -0.4 is 10.5 Å². The van der Waals surface area contributed by atoms with Gasteiger partial charge in [-0.15, -0.1) is 0 Å². The number of halogens is 1. The van der Waals surface area contributed by atoms with Gasteiger partial charge in [0.2, 0.25) is 0 Å². The Morgan fingerprint density at radius 1 is 1.50 bits per heavy atom. The second kappa shape index (κ2) is 5.46. The average Bonchev–Trinajstić information content (AvgIpc) is 2.30. The van der Waals surface area contributed by atoms with E-state index in [1.54, 1.807) is 0 Å². The highest BCUT2D eigenvalue weighted by Gasteiger charge is 2.16. The number of carbonyl (C=O) groups excluding carboxylic acids is 1. The fourth-order valence-electron chi connectivity index (χ4n) is 1.36. The van der Waals surface area contributed by atoms with Crippen molar-refractivity contribution >= 4 is 5.97 Å². The van der Waals surface area contributed by atoms with E-state index in [1.807, 2.05) is 0 Å². The number of esters is 1. The topological polar surface area (TPSA) is 61.5 Å². The number of ether oxygens (including phenoxy) is 2. The van der Waals surface area contributed by atoms with Gasteiger partial charge in [0.1, 0.15) is 17.6 Å². The van der Waals surface area contributed by atoms with Gasteiger partial charge in [-0.25, -0.2) is 4.39 Å². The lowest BCUT2D eigenvalue weighted by atomic mass is 10.1. The number of nitrogens with two attached hydrogens (primary N) is 1. The fraction of sp³-hybridized carbons (Fsp3) is 0.364. The van der Waals surface area contributed by atoms with Gasteiger partial charge in [-0.1, -0.05) is 6.07 Å².